The average Bonchev–Trinajstić information content (AvgIpc) is 3.10. The molecule has 1 heterocycles. The third-order valence-corrected chi connectivity index (χ3v) is 4.41. The minimum Gasteiger partial charge on any atom is -0.445 e. The summed E-state index contributed by atoms with van der Waals surface area (Å²) in [6.07, 6.45) is 4.08. The first-order valence-electron chi connectivity index (χ1n) is 8.86. The molecule has 1 aliphatic rings. The molecule has 0 bridgehead atoms. The van der Waals surface area contributed by atoms with Crippen molar-refractivity contribution in [3.05, 3.63) is 35.9 Å². The van der Waals surface area contributed by atoms with Gasteiger partial charge in [-0.1, -0.05) is 36.8 Å². The molecule has 0 unspecified atom stereocenters. The molecule has 25 heavy (non-hydrogen) atoms. The summed E-state index contributed by atoms with van der Waals surface area (Å²) >= 11 is 0. The van der Waals surface area contributed by atoms with Crippen molar-refractivity contribution in [3.63, 3.8) is 0 Å². The van der Waals surface area contributed by atoms with E-state index in [0.29, 0.717) is 32.2 Å². The Morgan fingerprint density at radius 3 is 2.52 bits per heavy atom. The molecular formula is C19H26N2O4. The van der Waals surface area contributed by atoms with Gasteiger partial charge in [-0.3, -0.25) is 14.5 Å². The first-order chi connectivity index (χ1) is 12.1. The highest BCUT2D eigenvalue weighted by Crippen LogP contribution is 2.21. The number of hydrogen-bond acceptors (Lipinski definition) is 4. The highest BCUT2D eigenvalue weighted by atomic mass is 16.6. The van der Waals surface area contributed by atoms with Crippen LogP contribution < -0.4 is 5.73 Å². The first-order valence-corrected chi connectivity index (χ1v) is 8.86. The van der Waals surface area contributed by atoms with Gasteiger partial charge in [0.05, 0.1) is 6.04 Å². The Morgan fingerprint density at radius 1 is 1.08 bits per heavy atom. The van der Waals surface area contributed by atoms with Crippen LogP contribution in [0.2, 0.25) is 0 Å². The van der Waals surface area contributed by atoms with Crippen molar-refractivity contribution in [2.75, 3.05) is 6.54 Å². The number of carbonyl (C=O) groups is 3. The van der Waals surface area contributed by atoms with Gasteiger partial charge in [0.15, 0.2) is 5.78 Å². The molecule has 0 spiro atoms. The van der Waals surface area contributed by atoms with E-state index in [9.17, 15) is 14.4 Å². The van der Waals surface area contributed by atoms with E-state index >= 15 is 0 Å². The van der Waals surface area contributed by atoms with Gasteiger partial charge in [-0.25, -0.2) is 4.79 Å². The maximum absolute atomic E-state index is 12.4. The quantitative estimate of drug-likeness (QED) is 0.696. The Kier molecular flexibility index (Phi) is 7.44. The normalized spacial score (nSPS) is 16.6. The molecule has 1 aromatic carbocycles. The maximum atomic E-state index is 12.4. The van der Waals surface area contributed by atoms with Gasteiger partial charge in [0.1, 0.15) is 6.61 Å². The van der Waals surface area contributed by atoms with Crippen LogP contribution in [-0.2, 0) is 20.9 Å². The molecule has 6 heteroatoms. The van der Waals surface area contributed by atoms with E-state index in [1.807, 2.05) is 30.3 Å². The number of hydrogen-bond donors (Lipinski definition) is 1. The molecule has 136 valence electrons. The molecule has 0 aliphatic carbocycles. The standard InChI is InChI=1S/C19H26N2O4/c20-18(23)12-6-2-5-11-17(22)16-10-7-13-21(16)19(24)25-14-15-8-3-1-4-9-15/h1,3-4,8-9,16H,2,5-7,10-14H2,(H2,20,23)/t16-/m0/s1. The zero-order valence-electron chi connectivity index (χ0n) is 14.5. The van der Waals surface area contributed by atoms with Crippen molar-refractivity contribution in [3.8, 4) is 0 Å². The van der Waals surface area contributed by atoms with Crippen molar-refractivity contribution in [1.29, 1.82) is 0 Å². The summed E-state index contributed by atoms with van der Waals surface area (Å²) in [5.74, 6) is -0.234. The number of ketones is 1. The number of primary amides is 1. The Morgan fingerprint density at radius 2 is 1.80 bits per heavy atom. The van der Waals surface area contributed by atoms with Crippen molar-refractivity contribution >= 4 is 17.8 Å². The van der Waals surface area contributed by atoms with E-state index in [0.717, 1.165) is 24.8 Å². The average molecular weight is 346 g/mol. The molecule has 0 aromatic heterocycles. The van der Waals surface area contributed by atoms with E-state index in [4.69, 9.17) is 10.5 Å². The SMILES string of the molecule is NC(=O)CCCCCC(=O)[C@@H]1CCCN1C(=O)OCc1ccccc1. The van der Waals surface area contributed by atoms with Gasteiger partial charge in [0.25, 0.3) is 0 Å². The number of likely N-dealkylation sites (tertiary alicyclic amines) is 1. The smallest absolute Gasteiger partial charge is 0.410 e. The number of rotatable bonds is 9. The second-order valence-corrected chi connectivity index (χ2v) is 6.38. The lowest BCUT2D eigenvalue weighted by Crippen LogP contribution is -2.40. The number of amides is 2. The van der Waals surface area contributed by atoms with Gasteiger partial charge >= 0.3 is 6.09 Å². The zero-order valence-corrected chi connectivity index (χ0v) is 14.5. The van der Waals surface area contributed by atoms with Crippen LogP contribution in [0.25, 0.3) is 0 Å². The molecule has 1 saturated heterocycles. The van der Waals surface area contributed by atoms with Crippen LogP contribution in [0.1, 0.15) is 50.5 Å². The highest BCUT2D eigenvalue weighted by Gasteiger charge is 2.34. The lowest BCUT2D eigenvalue weighted by molar-refractivity contribution is -0.123. The molecule has 1 atom stereocenters. The summed E-state index contributed by atoms with van der Waals surface area (Å²) in [5.41, 5.74) is 6.02. The predicted molar refractivity (Wildman–Crippen MR) is 93.6 cm³/mol. The largest absolute Gasteiger partial charge is 0.445 e. The number of unbranched alkanes of at least 4 members (excludes halogenated alkanes) is 2. The molecule has 0 radical (unpaired) electrons. The Bertz CT molecular complexity index is 588. The van der Waals surface area contributed by atoms with Gasteiger partial charge in [-0.15, -0.1) is 0 Å². The lowest BCUT2D eigenvalue weighted by Gasteiger charge is -2.23. The maximum Gasteiger partial charge on any atom is 0.410 e. The van der Waals surface area contributed by atoms with E-state index in [2.05, 4.69) is 0 Å². The molecule has 2 amide bonds. The van der Waals surface area contributed by atoms with Gasteiger partial charge in [0.2, 0.25) is 5.91 Å². The van der Waals surface area contributed by atoms with Crippen LogP contribution in [0.15, 0.2) is 30.3 Å². The summed E-state index contributed by atoms with van der Waals surface area (Å²) in [6, 6.07) is 9.11. The number of nitrogens with two attached hydrogens (primary N) is 1. The first kappa shape index (κ1) is 19.0. The summed E-state index contributed by atoms with van der Waals surface area (Å²) < 4.78 is 5.35. The monoisotopic (exact) mass is 346 g/mol. The number of ether oxygens (including phenoxy) is 1. The predicted octanol–water partition coefficient (Wildman–Crippen LogP) is 2.79. The molecule has 6 nitrogen and oxygen atoms in total. The number of carbonyl (C=O) groups excluding carboxylic acids is 3. The summed E-state index contributed by atoms with van der Waals surface area (Å²) in [6.45, 7) is 0.774. The fourth-order valence-corrected chi connectivity index (χ4v) is 3.06. The van der Waals surface area contributed by atoms with Crippen molar-refractivity contribution in [1.82, 2.24) is 4.90 Å². The Labute approximate surface area is 148 Å². The highest BCUT2D eigenvalue weighted by molar-refractivity contribution is 5.87. The van der Waals surface area contributed by atoms with Crippen LogP contribution in [-0.4, -0.2) is 35.3 Å². The van der Waals surface area contributed by atoms with E-state index < -0.39 is 6.09 Å². The minimum absolute atomic E-state index is 0.0771. The molecule has 1 aliphatic heterocycles. The Balaban J connectivity index is 1.75. The van der Waals surface area contributed by atoms with E-state index in [1.54, 1.807) is 4.90 Å². The number of benzene rings is 1. The van der Waals surface area contributed by atoms with Crippen LogP contribution in [0, 0.1) is 0 Å². The Hall–Kier alpha value is -2.37. The summed E-state index contributed by atoms with van der Waals surface area (Å²) in [7, 11) is 0. The molecule has 2 rings (SSSR count). The van der Waals surface area contributed by atoms with E-state index in [-0.39, 0.29) is 24.3 Å². The third-order valence-electron chi connectivity index (χ3n) is 4.41. The molecule has 0 saturated carbocycles. The van der Waals surface area contributed by atoms with Gasteiger partial charge in [0, 0.05) is 19.4 Å². The zero-order chi connectivity index (χ0) is 18.1. The molecular weight excluding hydrogens is 320 g/mol. The van der Waals surface area contributed by atoms with Crippen LogP contribution in [0.3, 0.4) is 0 Å². The fourth-order valence-electron chi connectivity index (χ4n) is 3.06. The fraction of sp³-hybridized carbons (Fsp3) is 0.526. The number of nitrogens with zero attached hydrogens (tertiary/aromatic N) is 1. The van der Waals surface area contributed by atoms with Crippen molar-refractivity contribution in [2.45, 2.75) is 57.6 Å². The second-order valence-electron chi connectivity index (χ2n) is 6.38. The second kappa shape index (κ2) is 9.81. The van der Waals surface area contributed by atoms with Crippen LogP contribution >= 0.6 is 0 Å². The summed E-state index contributed by atoms with van der Waals surface area (Å²) in [4.78, 5) is 36.9. The van der Waals surface area contributed by atoms with Crippen LogP contribution in [0.5, 0.6) is 0 Å². The lowest BCUT2D eigenvalue weighted by atomic mass is 10.0. The third kappa shape index (κ3) is 6.21. The topological polar surface area (TPSA) is 89.7 Å². The molecule has 1 fully saturated rings. The van der Waals surface area contributed by atoms with Crippen molar-refractivity contribution in [2.24, 2.45) is 5.73 Å². The van der Waals surface area contributed by atoms with Gasteiger partial charge in [-0.05, 0) is 31.2 Å². The number of Topliss-reactive ketones (excluding diaryl/α,β-unsaturated/α-hetero) is 1. The van der Waals surface area contributed by atoms with Crippen LogP contribution in [0.4, 0.5) is 4.79 Å². The molecule has 1 aromatic rings. The minimum atomic E-state index is -0.423. The summed E-state index contributed by atoms with van der Waals surface area (Å²) in [5, 5.41) is 0. The molecule has 2 N–H and O–H groups in total. The van der Waals surface area contributed by atoms with Gasteiger partial charge in [-0.2, -0.15) is 0 Å². The van der Waals surface area contributed by atoms with Gasteiger partial charge < -0.3 is 10.5 Å². The van der Waals surface area contributed by atoms with Crippen molar-refractivity contribution < 1.29 is 19.1 Å². The van der Waals surface area contributed by atoms with E-state index in [1.165, 1.54) is 0 Å².